The second-order valence-corrected chi connectivity index (χ2v) is 4.70. The summed E-state index contributed by atoms with van der Waals surface area (Å²) in [4.78, 5) is 10.6. The van der Waals surface area contributed by atoms with Gasteiger partial charge < -0.3 is 10.5 Å². The molecule has 0 atom stereocenters. The Bertz CT molecular complexity index is 707. The third-order valence-electron chi connectivity index (χ3n) is 2.70. The van der Waals surface area contributed by atoms with Crippen molar-refractivity contribution in [1.82, 2.24) is 5.43 Å². The van der Waals surface area contributed by atoms with Gasteiger partial charge in [0, 0.05) is 11.1 Å². The predicted octanol–water partition coefficient (Wildman–Crippen LogP) is 3.06. The van der Waals surface area contributed by atoms with Crippen LogP contribution in [0.2, 0.25) is 5.02 Å². The van der Waals surface area contributed by atoms with Crippen LogP contribution >= 0.6 is 11.6 Å². The van der Waals surface area contributed by atoms with Crippen LogP contribution in [0.3, 0.4) is 0 Å². The van der Waals surface area contributed by atoms with Crippen LogP contribution in [0.1, 0.15) is 11.1 Å². The number of carbonyl (C=O) groups is 1. The largest absolute Gasteiger partial charge is 0.488 e. The number of primary amides is 1. The van der Waals surface area contributed by atoms with Crippen LogP contribution in [0.4, 0.5) is 9.18 Å². The molecule has 0 bridgehead atoms. The lowest BCUT2D eigenvalue weighted by molar-refractivity contribution is 0.249. The van der Waals surface area contributed by atoms with Gasteiger partial charge in [0.15, 0.2) is 0 Å². The van der Waals surface area contributed by atoms with Gasteiger partial charge in [0.2, 0.25) is 0 Å². The number of nitrogens with one attached hydrogen (secondary N) is 1. The van der Waals surface area contributed by atoms with Crippen molar-refractivity contribution in [2.24, 2.45) is 10.8 Å². The van der Waals surface area contributed by atoms with Gasteiger partial charge in [0.25, 0.3) is 0 Å². The number of hydrazone groups is 1. The Morgan fingerprint density at radius 1 is 1.36 bits per heavy atom. The number of nitrogens with two attached hydrogens (primary N) is 1. The molecule has 2 amide bonds. The minimum absolute atomic E-state index is 0.174. The molecule has 0 aliphatic rings. The number of hydrogen-bond donors (Lipinski definition) is 2. The third-order valence-corrected chi connectivity index (χ3v) is 3.05. The van der Waals surface area contributed by atoms with E-state index in [0.717, 1.165) is 0 Å². The summed E-state index contributed by atoms with van der Waals surface area (Å²) in [5.41, 5.74) is 8.32. The second kappa shape index (κ2) is 7.42. The van der Waals surface area contributed by atoms with Crippen LogP contribution in [0.15, 0.2) is 47.6 Å². The lowest BCUT2D eigenvalue weighted by Crippen LogP contribution is -2.24. The van der Waals surface area contributed by atoms with Crippen LogP contribution < -0.4 is 15.9 Å². The number of urea groups is 1. The van der Waals surface area contributed by atoms with Crippen LogP contribution in [0.25, 0.3) is 0 Å². The van der Waals surface area contributed by atoms with Gasteiger partial charge in [-0.1, -0.05) is 29.8 Å². The molecule has 2 rings (SSSR count). The van der Waals surface area contributed by atoms with E-state index in [1.807, 2.05) is 0 Å². The molecule has 0 radical (unpaired) electrons. The van der Waals surface area contributed by atoms with Crippen LogP contribution in [0.5, 0.6) is 5.75 Å². The summed E-state index contributed by atoms with van der Waals surface area (Å²) in [6.45, 7) is 0.174. The maximum atomic E-state index is 13.0. The van der Waals surface area contributed by atoms with Crippen molar-refractivity contribution in [3.8, 4) is 5.75 Å². The van der Waals surface area contributed by atoms with Gasteiger partial charge in [-0.2, -0.15) is 5.10 Å². The molecule has 5 nitrogen and oxygen atoms in total. The second-order valence-electron chi connectivity index (χ2n) is 4.30. The van der Waals surface area contributed by atoms with Gasteiger partial charge >= 0.3 is 6.03 Å². The molecule has 0 aromatic heterocycles. The van der Waals surface area contributed by atoms with Gasteiger partial charge in [-0.15, -0.1) is 0 Å². The van der Waals surface area contributed by atoms with E-state index in [2.05, 4.69) is 10.5 Å². The number of rotatable bonds is 5. The number of para-hydroxylation sites is 1. The molecule has 3 N–H and O–H groups in total. The molecule has 2 aromatic carbocycles. The fraction of sp³-hybridized carbons (Fsp3) is 0.0667. The zero-order chi connectivity index (χ0) is 15.9. The average molecular weight is 322 g/mol. The summed E-state index contributed by atoms with van der Waals surface area (Å²) in [7, 11) is 0. The van der Waals surface area contributed by atoms with E-state index < -0.39 is 11.8 Å². The molecule has 0 heterocycles. The maximum absolute atomic E-state index is 13.0. The molecule has 7 heteroatoms. The predicted molar refractivity (Wildman–Crippen MR) is 82.5 cm³/mol. The Hall–Kier alpha value is -2.60. The molecule has 2 aromatic rings. The summed E-state index contributed by atoms with van der Waals surface area (Å²) in [6, 6.07) is 10.4. The molecular formula is C15H13ClFN3O2. The fourth-order valence-corrected chi connectivity index (χ4v) is 1.90. The molecule has 0 aliphatic carbocycles. The Balaban J connectivity index is 2.09. The highest BCUT2D eigenvalue weighted by molar-refractivity contribution is 6.31. The molecule has 0 saturated heterocycles. The van der Waals surface area contributed by atoms with E-state index >= 15 is 0 Å². The minimum atomic E-state index is -0.757. The highest BCUT2D eigenvalue weighted by atomic mass is 35.5. The minimum Gasteiger partial charge on any atom is -0.488 e. The van der Waals surface area contributed by atoms with Crippen LogP contribution in [-0.4, -0.2) is 12.2 Å². The average Bonchev–Trinajstić information content (AvgIpc) is 2.47. The van der Waals surface area contributed by atoms with E-state index in [9.17, 15) is 9.18 Å². The summed E-state index contributed by atoms with van der Waals surface area (Å²) in [6.07, 6.45) is 1.41. The highest BCUT2D eigenvalue weighted by Crippen LogP contribution is 2.21. The Morgan fingerprint density at radius 3 is 2.86 bits per heavy atom. The van der Waals surface area contributed by atoms with E-state index in [0.29, 0.717) is 21.9 Å². The first-order valence-electron chi connectivity index (χ1n) is 6.30. The summed E-state index contributed by atoms with van der Waals surface area (Å²) in [5, 5.41) is 3.97. The van der Waals surface area contributed by atoms with Crippen LogP contribution in [0, 0.1) is 5.82 Å². The maximum Gasteiger partial charge on any atom is 0.332 e. The van der Waals surface area contributed by atoms with Crippen molar-refractivity contribution in [2.75, 3.05) is 0 Å². The molecule has 0 spiro atoms. The van der Waals surface area contributed by atoms with E-state index in [-0.39, 0.29) is 6.61 Å². The van der Waals surface area contributed by atoms with Crippen molar-refractivity contribution < 1.29 is 13.9 Å². The zero-order valence-electron chi connectivity index (χ0n) is 11.4. The summed E-state index contributed by atoms with van der Waals surface area (Å²) >= 11 is 5.95. The Kier molecular flexibility index (Phi) is 5.32. The van der Waals surface area contributed by atoms with Gasteiger partial charge in [-0.05, 0) is 24.3 Å². The lowest BCUT2D eigenvalue weighted by Gasteiger charge is -2.10. The number of benzene rings is 2. The molecule has 0 aliphatic heterocycles. The fourth-order valence-electron chi connectivity index (χ4n) is 1.68. The number of amides is 2. The summed E-state index contributed by atoms with van der Waals surface area (Å²) in [5.74, 6) is 0.136. The van der Waals surface area contributed by atoms with Crippen molar-refractivity contribution in [3.05, 3.63) is 64.4 Å². The first-order valence-corrected chi connectivity index (χ1v) is 6.68. The Labute approximate surface area is 131 Å². The first-order chi connectivity index (χ1) is 10.6. The normalized spacial score (nSPS) is 10.6. The van der Waals surface area contributed by atoms with Gasteiger partial charge in [0.05, 0.1) is 11.2 Å². The first kappa shape index (κ1) is 15.8. The number of nitrogens with zero attached hydrogens (tertiary/aromatic N) is 1. The molecule has 0 unspecified atom stereocenters. The molecule has 0 saturated carbocycles. The number of ether oxygens (including phenoxy) is 1. The monoisotopic (exact) mass is 321 g/mol. The van der Waals surface area contributed by atoms with Gasteiger partial charge in [-0.25, -0.2) is 14.6 Å². The standard InChI is InChI=1S/C15H13ClFN3O2/c16-13-7-12(17)6-5-11(13)9-22-14-4-2-1-3-10(14)8-19-20-15(18)21/h1-8H,9H2,(H3,18,20,21). The van der Waals surface area contributed by atoms with Crippen molar-refractivity contribution >= 4 is 23.8 Å². The molecule has 0 fully saturated rings. The zero-order valence-corrected chi connectivity index (χ0v) is 12.2. The van der Waals surface area contributed by atoms with Crippen molar-refractivity contribution in [3.63, 3.8) is 0 Å². The van der Waals surface area contributed by atoms with E-state index in [1.54, 1.807) is 30.3 Å². The topological polar surface area (TPSA) is 76.7 Å². The van der Waals surface area contributed by atoms with Gasteiger partial charge in [0.1, 0.15) is 18.2 Å². The number of hydrogen-bond acceptors (Lipinski definition) is 3. The van der Waals surface area contributed by atoms with Crippen LogP contribution in [-0.2, 0) is 6.61 Å². The highest BCUT2D eigenvalue weighted by Gasteiger charge is 2.05. The number of carbonyl (C=O) groups excluding carboxylic acids is 1. The van der Waals surface area contributed by atoms with E-state index in [1.165, 1.54) is 18.3 Å². The smallest absolute Gasteiger partial charge is 0.332 e. The van der Waals surface area contributed by atoms with Crippen molar-refractivity contribution in [1.29, 1.82) is 0 Å². The molecule has 114 valence electrons. The SMILES string of the molecule is NC(=O)NN=Cc1ccccc1OCc1ccc(F)cc1Cl. The molecular weight excluding hydrogens is 309 g/mol. The number of halogens is 2. The summed E-state index contributed by atoms with van der Waals surface area (Å²) < 4.78 is 18.7. The van der Waals surface area contributed by atoms with Crippen molar-refractivity contribution in [2.45, 2.75) is 6.61 Å². The Morgan fingerprint density at radius 2 is 2.14 bits per heavy atom. The quantitative estimate of drug-likeness (QED) is 0.656. The third kappa shape index (κ3) is 4.46. The van der Waals surface area contributed by atoms with Gasteiger partial charge in [-0.3, -0.25) is 0 Å². The lowest BCUT2D eigenvalue weighted by atomic mass is 10.2. The van der Waals surface area contributed by atoms with E-state index in [4.69, 9.17) is 22.1 Å². The molecule has 22 heavy (non-hydrogen) atoms.